The third-order valence-electron chi connectivity index (χ3n) is 7.21. The van der Waals surface area contributed by atoms with Gasteiger partial charge in [-0.05, 0) is 77.1 Å². The molecule has 0 N–H and O–H groups in total. The Hall–Kier alpha value is -4.02. The highest BCUT2D eigenvalue weighted by atomic mass is 32.1. The number of amides is 1. The highest BCUT2D eigenvalue weighted by Crippen LogP contribution is 2.46. The van der Waals surface area contributed by atoms with Crippen molar-refractivity contribution in [2.24, 2.45) is 0 Å². The summed E-state index contributed by atoms with van der Waals surface area (Å²) in [5.74, 6) is 0.647. The average Bonchev–Trinajstić information content (AvgIpc) is 3.58. The van der Waals surface area contributed by atoms with Gasteiger partial charge in [0, 0.05) is 37.0 Å². The number of benzene rings is 2. The van der Waals surface area contributed by atoms with Gasteiger partial charge in [0.15, 0.2) is 11.5 Å². The van der Waals surface area contributed by atoms with Crippen LogP contribution in [0, 0.1) is 5.82 Å². The minimum atomic E-state index is -0.504. The molecule has 2 aromatic carbocycles. The normalized spacial score (nSPS) is 15.7. The van der Waals surface area contributed by atoms with Crippen LogP contribution in [-0.2, 0) is 16.0 Å². The highest BCUT2D eigenvalue weighted by Gasteiger charge is 2.26. The summed E-state index contributed by atoms with van der Waals surface area (Å²) >= 11 is 1.46. The van der Waals surface area contributed by atoms with Crippen LogP contribution in [0.25, 0.3) is 17.2 Å². The standard InChI is InChI=1S/C31H31FN2O6S/c1-19-24(7-5-22(35)16-23-17-33-18-41-23)27-15-21(32)4-6-25(27)26(19)12-20-13-28(37-2)30(29(14-20)38-3)40-31(36)34-8-10-39-11-9-34/h4,6,12-15,17-18H,5,7-11,16H2,1-3H3. The smallest absolute Gasteiger partial charge is 0.415 e. The summed E-state index contributed by atoms with van der Waals surface area (Å²) < 4.78 is 36.5. The third kappa shape index (κ3) is 6.34. The van der Waals surface area contributed by atoms with Crippen molar-refractivity contribution in [1.29, 1.82) is 0 Å². The predicted octanol–water partition coefficient (Wildman–Crippen LogP) is 6.05. The number of hydrogen-bond acceptors (Lipinski definition) is 8. The topological polar surface area (TPSA) is 87.2 Å². The number of hydrogen-bond donors (Lipinski definition) is 0. The Morgan fingerprint density at radius 1 is 1.10 bits per heavy atom. The van der Waals surface area contributed by atoms with Crippen molar-refractivity contribution in [3.8, 4) is 17.2 Å². The summed E-state index contributed by atoms with van der Waals surface area (Å²) in [5, 5.41) is 0. The molecule has 0 spiro atoms. The van der Waals surface area contributed by atoms with Gasteiger partial charge < -0.3 is 23.8 Å². The lowest BCUT2D eigenvalue weighted by atomic mass is 9.99. The first kappa shape index (κ1) is 28.5. The number of nitrogens with zero attached hydrogens (tertiary/aromatic N) is 2. The van der Waals surface area contributed by atoms with Crippen molar-refractivity contribution in [1.82, 2.24) is 9.88 Å². The van der Waals surface area contributed by atoms with Gasteiger partial charge in [0.1, 0.15) is 11.6 Å². The Labute approximate surface area is 242 Å². The largest absolute Gasteiger partial charge is 0.493 e. The fourth-order valence-corrected chi connectivity index (χ4v) is 5.72. The molecule has 5 rings (SSSR count). The lowest BCUT2D eigenvalue weighted by molar-refractivity contribution is -0.118. The van der Waals surface area contributed by atoms with Crippen molar-refractivity contribution in [3.63, 3.8) is 0 Å². The van der Waals surface area contributed by atoms with Crippen molar-refractivity contribution in [2.75, 3.05) is 40.5 Å². The maximum absolute atomic E-state index is 14.3. The number of rotatable bonds is 9. The Balaban J connectivity index is 1.44. The second kappa shape index (κ2) is 12.7. The molecule has 1 aromatic heterocycles. The first-order chi connectivity index (χ1) is 19.9. The van der Waals surface area contributed by atoms with Crippen molar-refractivity contribution < 1.29 is 32.9 Å². The van der Waals surface area contributed by atoms with Crippen LogP contribution in [0.15, 0.2) is 47.6 Å². The van der Waals surface area contributed by atoms with Crippen LogP contribution in [0.5, 0.6) is 17.2 Å². The van der Waals surface area contributed by atoms with Crippen LogP contribution in [0.2, 0.25) is 0 Å². The maximum atomic E-state index is 14.3. The highest BCUT2D eigenvalue weighted by molar-refractivity contribution is 7.09. The molecular weight excluding hydrogens is 547 g/mol. The molecule has 1 amide bonds. The lowest BCUT2D eigenvalue weighted by Crippen LogP contribution is -2.42. The van der Waals surface area contributed by atoms with Gasteiger partial charge in [0.25, 0.3) is 0 Å². The van der Waals surface area contributed by atoms with Gasteiger partial charge in [0.2, 0.25) is 5.75 Å². The second-order valence-electron chi connectivity index (χ2n) is 9.76. The van der Waals surface area contributed by atoms with Gasteiger partial charge in [-0.25, -0.2) is 9.18 Å². The van der Waals surface area contributed by atoms with E-state index in [-0.39, 0.29) is 17.3 Å². The average molecular weight is 579 g/mol. The zero-order valence-corrected chi connectivity index (χ0v) is 24.0. The molecule has 0 radical (unpaired) electrons. The molecule has 41 heavy (non-hydrogen) atoms. The number of aromatic nitrogens is 1. The van der Waals surface area contributed by atoms with Crippen molar-refractivity contribution >= 4 is 40.4 Å². The molecule has 2 heterocycles. The number of methoxy groups -OCH3 is 2. The molecule has 1 aliphatic heterocycles. The van der Waals surface area contributed by atoms with Gasteiger partial charge in [-0.2, -0.15) is 0 Å². The van der Waals surface area contributed by atoms with E-state index < -0.39 is 6.09 Å². The van der Waals surface area contributed by atoms with Crippen LogP contribution >= 0.6 is 11.3 Å². The molecule has 0 bridgehead atoms. The number of morpholine rings is 1. The summed E-state index contributed by atoms with van der Waals surface area (Å²) in [7, 11) is 3.00. The molecular formula is C31H31FN2O6S. The fraction of sp³-hybridized carbons (Fsp3) is 0.323. The number of allylic oxidation sites excluding steroid dienone is 3. The first-order valence-corrected chi connectivity index (χ1v) is 14.2. The van der Waals surface area contributed by atoms with Crippen LogP contribution < -0.4 is 14.2 Å². The lowest BCUT2D eigenvalue weighted by Gasteiger charge is -2.26. The summed E-state index contributed by atoms with van der Waals surface area (Å²) in [6.45, 7) is 3.78. The quantitative estimate of drug-likeness (QED) is 0.306. The second-order valence-corrected chi connectivity index (χ2v) is 10.7. The minimum absolute atomic E-state index is 0.113. The molecule has 0 atom stereocenters. The molecule has 0 unspecified atom stereocenters. The van der Waals surface area contributed by atoms with Gasteiger partial charge in [0.05, 0.1) is 32.9 Å². The van der Waals surface area contributed by atoms with Gasteiger partial charge in [-0.1, -0.05) is 6.07 Å². The first-order valence-electron chi connectivity index (χ1n) is 13.3. The predicted molar refractivity (Wildman–Crippen MR) is 155 cm³/mol. The Morgan fingerprint density at radius 3 is 2.49 bits per heavy atom. The Kier molecular flexibility index (Phi) is 8.80. The summed E-state index contributed by atoms with van der Waals surface area (Å²) in [6.07, 6.45) is 4.37. The Morgan fingerprint density at radius 2 is 1.83 bits per heavy atom. The molecule has 1 fully saturated rings. The van der Waals surface area contributed by atoms with Crippen molar-refractivity contribution in [3.05, 3.63) is 75.0 Å². The molecule has 8 nitrogen and oxygen atoms in total. The minimum Gasteiger partial charge on any atom is -0.493 e. The van der Waals surface area contributed by atoms with E-state index in [2.05, 4.69) is 4.98 Å². The number of ether oxygens (including phenoxy) is 4. The zero-order chi connectivity index (χ0) is 28.9. The van der Waals surface area contributed by atoms with E-state index in [0.29, 0.717) is 57.1 Å². The maximum Gasteiger partial charge on any atom is 0.415 e. The van der Waals surface area contributed by atoms with Crippen molar-refractivity contribution in [2.45, 2.75) is 26.2 Å². The van der Waals surface area contributed by atoms with E-state index in [1.54, 1.807) is 34.8 Å². The monoisotopic (exact) mass is 578 g/mol. The van der Waals surface area contributed by atoms with E-state index >= 15 is 0 Å². The number of ketones is 1. The van der Waals surface area contributed by atoms with E-state index in [0.717, 1.165) is 38.3 Å². The van der Waals surface area contributed by atoms with Crippen LogP contribution in [-0.4, -0.2) is 62.3 Å². The molecule has 3 aromatic rings. The number of halogens is 1. The van der Waals surface area contributed by atoms with Crippen LogP contribution in [0.1, 0.15) is 41.3 Å². The molecule has 10 heteroatoms. The molecule has 2 aliphatic rings. The summed E-state index contributed by atoms with van der Waals surface area (Å²) in [4.78, 5) is 32.0. The van der Waals surface area contributed by atoms with E-state index in [1.807, 2.05) is 13.0 Å². The fourth-order valence-electron chi connectivity index (χ4n) is 5.10. The molecule has 214 valence electrons. The summed E-state index contributed by atoms with van der Waals surface area (Å²) in [5.41, 5.74) is 6.95. The number of Topliss-reactive ketones (excluding diaryl/α,β-unsaturated/α-hetero) is 1. The SMILES string of the molecule is COc1cc(C=C2C(C)=C(CCC(=O)Cc3cncs3)c3cc(F)ccc32)cc(OC)c1OC(=O)N1CCOCC1. The third-order valence-corrected chi connectivity index (χ3v) is 7.99. The number of thiazole rings is 1. The van der Waals surface area contributed by atoms with Gasteiger partial charge in [-0.3, -0.25) is 9.78 Å². The van der Waals surface area contributed by atoms with E-state index in [9.17, 15) is 14.0 Å². The van der Waals surface area contributed by atoms with Crippen LogP contribution in [0.4, 0.5) is 9.18 Å². The molecule has 1 saturated heterocycles. The number of fused-ring (bicyclic) bond motifs is 1. The molecule has 0 saturated carbocycles. The summed E-state index contributed by atoms with van der Waals surface area (Å²) in [6, 6.07) is 8.26. The van der Waals surface area contributed by atoms with Gasteiger partial charge >= 0.3 is 6.09 Å². The zero-order valence-electron chi connectivity index (χ0n) is 23.2. The van der Waals surface area contributed by atoms with Gasteiger partial charge in [-0.15, -0.1) is 11.3 Å². The number of carbonyl (C=O) groups is 2. The van der Waals surface area contributed by atoms with E-state index in [4.69, 9.17) is 18.9 Å². The van der Waals surface area contributed by atoms with Crippen LogP contribution in [0.3, 0.4) is 0 Å². The van der Waals surface area contributed by atoms with E-state index in [1.165, 1.54) is 37.7 Å². The molecule has 1 aliphatic carbocycles. The Bertz CT molecular complexity index is 1480. The number of carbonyl (C=O) groups excluding carboxylic acids is 2.